The van der Waals surface area contributed by atoms with Crippen LogP contribution in [0.3, 0.4) is 0 Å². The van der Waals surface area contributed by atoms with Gasteiger partial charge in [0, 0.05) is 18.0 Å². The zero-order valence-electron chi connectivity index (χ0n) is 9.99. The number of aryl methyl sites for hydroxylation is 1. The predicted octanol–water partition coefficient (Wildman–Crippen LogP) is 2.76. The summed E-state index contributed by atoms with van der Waals surface area (Å²) in [6, 6.07) is 5.50. The molecule has 1 N–H and O–H groups in total. The van der Waals surface area contributed by atoms with Crippen LogP contribution in [-0.4, -0.2) is 26.0 Å². The van der Waals surface area contributed by atoms with E-state index in [0.717, 1.165) is 10.6 Å². The van der Waals surface area contributed by atoms with Crippen molar-refractivity contribution in [3.63, 3.8) is 0 Å². The zero-order chi connectivity index (χ0) is 13.4. The summed E-state index contributed by atoms with van der Waals surface area (Å²) in [6.07, 6.45) is 3.42. The fourth-order valence-corrected chi connectivity index (χ4v) is 2.70. The predicted molar refractivity (Wildman–Crippen MR) is 72.3 cm³/mol. The van der Waals surface area contributed by atoms with E-state index in [-0.39, 0.29) is 5.69 Å². The van der Waals surface area contributed by atoms with Gasteiger partial charge in [0.2, 0.25) is 0 Å². The van der Waals surface area contributed by atoms with E-state index in [1.165, 1.54) is 11.3 Å². The minimum Gasteiger partial charge on any atom is -0.477 e. The van der Waals surface area contributed by atoms with Crippen molar-refractivity contribution >= 4 is 27.7 Å². The van der Waals surface area contributed by atoms with Gasteiger partial charge in [-0.15, -0.1) is 0 Å². The molecule has 0 amide bonds. The summed E-state index contributed by atoms with van der Waals surface area (Å²) in [7, 11) is 0. The van der Waals surface area contributed by atoms with Crippen LogP contribution in [-0.2, 0) is 0 Å². The Balaban J connectivity index is 2.19. The maximum Gasteiger partial charge on any atom is 0.354 e. The van der Waals surface area contributed by atoms with Crippen molar-refractivity contribution in [1.29, 1.82) is 0 Å². The number of aromatic carboxylic acids is 1. The number of pyridine rings is 2. The van der Waals surface area contributed by atoms with Crippen LogP contribution in [0.15, 0.2) is 30.6 Å². The molecule has 94 valence electrons. The second kappa shape index (κ2) is 4.40. The lowest BCUT2D eigenvalue weighted by Gasteiger charge is -1.97. The molecule has 5 nitrogen and oxygen atoms in total. The lowest BCUT2D eigenvalue weighted by molar-refractivity contribution is 0.0690. The molecule has 3 heterocycles. The van der Waals surface area contributed by atoms with Crippen LogP contribution >= 0.6 is 11.3 Å². The average Bonchev–Trinajstić information content (AvgIpc) is 2.81. The van der Waals surface area contributed by atoms with E-state index in [9.17, 15) is 4.79 Å². The second-order valence-electron chi connectivity index (χ2n) is 4.04. The first-order valence-corrected chi connectivity index (χ1v) is 6.38. The van der Waals surface area contributed by atoms with E-state index in [4.69, 9.17) is 5.11 Å². The summed E-state index contributed by atoms with van der Waals surface area (Å²) in [5.41, 5.74) is 2.31. The van der Waals surface area contributed by atoms with E-state index in [0.29, 0.717) is 15.9 Å². The molecule has 0 radical (unpaired) electrons. The van der Waals surface area contributed by atoms with Crippen LogP contribution in [0.5, 0.6) is 0 Å². The minimum atomic E-state index is -1.02. The molecule has 0 spiro atoms. The highest BCUT2D eigenvalue weighted by atomic mass is 32.1. The van der Waals surface area contributed by atoms with Gasteiger partial charge in [-0.2, -0.15) is 0 Å². The van der Waals surface area contributed by atoms with Gasteiger partial charge in [0.15, 0.2) is 5.69 Å². The Morgan fingerprint density at radius 1 is 1.37 bits per heavy atom. The van der Waals surface area contributed by atoms with E-state index in [1.54, 1.807) is 25.4 Å². The van der Waals surface area contributed by atoms with Gasteiger partial charge in [-0.05, 0) is 30.7 Å². The fourth-order valence-electron chi connectivity index (χ4n) is 1.79. The van der Waals surface area contributed by atoms with Crippen LogP contribution < -0.4 is 0 Å². The first-order chi connectivity index (χ1) is 9.15. The molecule has 0 aliphatic heterocycles. The largest absolute Gasteiger partial charge is 0.477 e. The molecular weight excluding hydrogens is 262 g/mol. The van der Waals surface area contributed by atoms with Crippen molar-refractivity contribution in [1.82, 2.24) is 15.0 Å². The number of thiazole rings is 1. The normalized spacial score (nSPS) is 10.8. The fraction of sp³-hybridized carbons (Fsp3) is 0.0769. The molecule has 0 fully saturated rings. The molecule has 0 aliphatic rings. The van der Waals surface area contributed by atoms with Gasteiger partial charge in [-0.1, -0.05) is 11.3 Å². The highest BCUT2D eigenvalue weighted by Crippen LogP contribution is 2.29. The highest BCUT2D eigenvalue weighted by Gasteiger charge is 2.14. The van der Waals surface area contributed by atoms with Crippen molar-refractivity contribution in [2.75, 3.05) is 0 Å². The smallest absolute Gasteiger partial charge is 0.354 e. The van der Waals surface area contributed by atoms with E-state index in [2.05, 4.69) is 15.0 Å². The highest BCUT2D eigenvalue weighted by molar-refractivity contribution is 7.21. The summed E-state index contributed by atoms with van der Waals surface area (Å²) in [5, 5.41) is 9.85. The third-order valence-electron chi connectivity index (χ3n) is 2.69. The van der Waals surface area contributed by atoms with Crippen molar-refractivity contribution in [2.24, 2.45) is 0 Å². The summed E-state index contributed by atoms with van der Waals surface area (Å²) in [4.78, 5) is 24.4. The van der Waals surface area contributed by atoms with E-state index in [1.807, 2.05) is 12.1 Å². The van der Waals surface area contributed by atoms with Crippen LogP contribution in [0.4, 0.5) is 0 Å². The number of aromatic nitrogens is 3. The molecule has 0 saturated heterocycles. The molecular formula is C13H9N3O2S. The van der Waals surface area contributed by atoms with Gasteiger partial charge in [0.05, 0.1) is 0 Å². The summed E-state index contributed by atoms with van der Waals surface area (Å²) in [5.74, 6) is -1.02. The molecule has 3 aromatic heterocycles. The van der Waals surface area contributed by atoms with Gasteiger partial charge in [0.1, 0.15) is 15.4 Å². The van der Waals surface area contributed by atoms with Gasteiger partial charge in [-0.25, -0.2) is 14.8 Å². The number of carbonyl (C=O) groups is 1. The minimum absolute atomic E-state index is 0.0777. The molecule has 0 unspecified atom stereocenters. The average molecular weight is 271 g/mol. The number of rotatable bonds is 2. The Kier molecular flexibility index (Phi) is 2.72. The molecule has 0 saturated carbocycles. The third kappa shape index (κ3) is 2.06. The van der Waals surface area contributed by atoms with Crippen LogP contribution in [0.2, 0.25) is 0 Å². The summed E-state index contributed by atoms with van der Waals surface area (Å²) in [6.45, 7) is 1.72. The van der Waals surface area contributed by atoms with E-state index >= 15 is 0 Å². The molecule has 3 aromatic rings. The lowest BCUT2D eigenvalue weighted by atomic mass is 10.2. The Morgan fingerprint density at radius 3 is 2.89 bits per heavy atom. The zero-order valence-corrected chi connectivity index (χ0v) is 10.8. The molecule has 3 rings (SSSR count). The second-order valence-corrected chi connectivity index (χ2v) is 5.02. The Morgan fingerprint density at radius 2 is 2.21 bits per heavy atom. The lowest BCUT2D eigenvalue weighted by Crippen LogP contribution is -2.02. The molecule has 6 heteroatoms. The van der Waals surface area contributed by atoms with Gasteiger partial charge in [0.25, 0.3) is 0 Å². The summed E-state index contributed by atoms with van der Waals surface area (Å²) < 4.78 is 0. The first kappa shape index (κ1) is 11.7. The maximum absolute atomic E-state index is 11.1. The number of carboxylic acid groups (broad SMARTS) is 1. The van der Waals surface area contributed by atoms with Crippen molar-refractivity contribution in [3.8, 4) is 10.6 Å². The van der Waals surface area contributed by atoms with Crippen LogP contribution in [0.25, 0.3) is 20.9 Å². The SMILES string of the molecule is Cc1cc2nc(-c3cccnc3)sc2nc1C(=O)O. The van der Waals surface area contributed by atoms with Gasteiger partial charge < -0.3 is 5.11 Å². The number of nitrogens with zero attached hydrogens (tertiary/aromatic N) is 3. The molecule has 0 bridgehead atoms. The topological polar surface area (TPSA) is 76.0 Å². The van der Waals surface area contributed by atoms with Crippen molar-refractivity contribution < 1.29 is 9.90 Å². The van der Waals surface area contributed by atoms with Crippen molar-refractivity contribution in [2.45, 2.75) is 6.92 Å². The monoisotopic (exact) mass is 271 g/mol. The number of carboxylic acids is 1. The quantitative estimate of drug-likeness (QED) is 0.775. The number of hydrogen-bond donors (Lipinski definition) is 1. The summed E-state index contributed by atoms with van der Waals surface area (Å²) >= 11 is 1.37. The van der Waals surface area contributed by atoms with E-state index < -0.39 is 5.97 Å². The van der Waals surface area contributed by atoms with Crippen molar-refractivity contribution in [3.05, 3.63) is 41.9 Å². The molecule has 0 aromatic carbocycles. The van der Waals surface area contributed by atoms with Gasteiger partial charge in [-0.3, -0.25) is 4.98 Å². The third-order valence-corrected chi connectivity index (χ3v) is 3.70. The standard InChI is InChI=1S/C13H9N3O2S/c1-7-5-9-12(16-10(7)13(17)18)19-11(15-9)8-3-2-4-14-6-8/h2-6H,1H3,(H,17,18). The maximum atomic E-state index is 11.1. The molecule has 19 heavy (non-hydrogen) atoms. The Hall–Kier alpha value is -2.34. The number of fused-ring (bicyclic) bond motifs is 1. The van der Waals surface area contributed by atoms with Gasteiger partial charge >= 0.3 is 5.97 Å². The number of hydrogen-bond acceptors (Lipinski definition) is 5. The Labute approximate surface area is 112 Å². The first-order valence-electron chi connectivity index (χ1n) is 5.57. The van der Waals surface area contributed by atoms with Crippen LogP contribution in [0.1, 0.15) is 16.1 Å². The molecule has 0 aliphatic carbocycles. The van der Waals surface area contributed by atoms with Crippen LogP contribution in [0, 0.1) is 6.92 Å². The molecule has 0 atom stereocenters. The Bertz CT molecular complexity index is 768.